The van der Waals surface area contributed by atoms with Gasteiger partial charge in [-0.15, -0.1) is 0 Å². The molecule has 0 radical (unpaired) electrons. The van der Waals surface area contributed by atoms with Crippen LogP contribution in [0.1, 0.15) is 37.8 Å². The molecule has 2 rings (SSSR count). The van der Waals surface area contributed by atoms with Crippen molar-refractivity contribution < 1.29 is 0 Å². The van der Waals surface area contributed by atoms with Crippen LogP contribution in [0.15, 0.2) is 18.3 Å². The van der Waals surface area contributed by atoms with E-state index >= 15 is 0 Å². The van der Waals surface area contributed by atoms with Crippen LogP contribution in [-0.2, 0) is 6.54 Å². The summed E-state index contributed by atoms with van der Waals surface area (Å²) in [4.78, 5) is 6.80. The third kappa shape index (κ3) is 3.41. The smallest absolute Gasteiger partial charge is 0.0564 e. The molecule has 1 aliphatic rings. The second-order valence-electron chi connectivity index (χ2n) is 4.89. The molecule has 1 aromatic heterocycles. The van der Waals surface area contributed by atoms with Crippen molar-refractivity contribution in [1.29, 1.82) is 0 Å². The summed E-state index contributed by atoms with van der Waals surface area (Å²) in [5.74, 6) is 5.40. The average molecular weight is 234 g/mol. The lowest BCUT2D eigenvalue weighted by Crippen LogP contribution is -2.33. The summed E-state index contributed by atoms with van der Waals surface area (Å²) >= 11 is 0. The molecule has 0 aliphatic heterocycles. The molecular weight excluding hydrogens is 212 g/mol. The zero-order chi connectivity index (χ0) is 12.1. The van der Waals surface area contributed by atoms with Crippen molar-refractivity contribution >= 4 is 5.69 Å². The van der Waals surface area contributed by atoms with E-state index in [1.807, 2.05) is 12.1 Å². The maximum absolute atomic E-state index is 5.40. The van der Waals surface area contributed by atoms with Gasteiger partial charge in [-0.3, -0.25) is 15.7 Å². The minimum absolute atomic E-state index is 0.722. The number of nitrogen functional groups attached to an aromatic ring is 1. The minimum Gasteiger partial charge on any atom is -0.324 e. The van der Waals surface area contributed by atoms with E-state index in [0.717, 1.165) is 24.0 Å². The van der Waals surface area contributed by atoms with Gasteiger partial charge in [-0.1, -0.05) is 19.3 Å². The first-order valence-corrected chi connectivity index (χ1v) is 6.41. The number of hydrogen-bond donors (Lipinski definition) is 2. The molecule has 1 heterocycles. The van der Waals surface area contributed by atoms with Gasteiger partial charge in [0.2, 0.25) is 0 Å². The van der Waals surface area contributed by atoms with Gasteiger partial charge in [-0.2, -0.15) is 0 Å². The van der Waals surface area contributed by atoms with Crippen LogP contribution in [0, 0.1) is 0 Å². The second kappa shape index (κ2) is 5.98. The van der Waals surface area contributed by atoms with E-state index in [1.54, 1.807) is 6.20 Å². The Morgan fingerprint density at radius 3 is 2.88 bits per heavy atom. The van der Waals surface area contributed by atoms with Gasteiger partial charge in [0.05, 0.1) is 11.4 Å². The molecule has 4 heteroatoms. The zero-order valence-electron chi connectivity index (χ0n) is 10.5. The fourth-order valence-electron chi connectivity index (χ4n) is 2.56. The van der Waals surface area contributed by atoms with Crippen LogP contribution in [0.3, 0.4) is 0 Å². The van der Waals surface area contributed by atoms with Crippen LogP contribution < -0.4 is 11.3 Å². The number of nitrogens with one attached hydrogen (secondary N) is 1. The van der Waals surface area contributed by atoms with Gasteiger partial charge < -0.3 is 5.43 Å². The van der Waals surface area contributed by atoms with E-state index in [0.29, 0.717) is 0 Å². The Morgan fingerprint density at radius 1 is 1.41 bits per heavy atom. The fourth-order valence-corrected chi connectivity index (χ4v) is 2.56. The number of hydrazine groups is 1. The molecule has 1 fully saturated rings. The van der Waals surface area contributed by atoms with Gasteiger partial charge in [0.25, 0.3) is 0 Å². The molecular formula is C13H22N4. The molecule has 0 unspecified atom stereocenters. The molecule has 0 bridgehead atoms. The Hall–Kier alpha value is -1.13. The molecule has 0 atom stereocenters. The predicted octanol–water partition coefficient (Wildman–Crippen LogP) is 2.13. The summed E-state index contributed by atoms with van der Waals surface area (Å²) in [5, 5.41) is 0. The lowest BCUT2D eigenvalue weighted by molar-refractivity contribution is 0.183. The fraction of sp³-hybridized carbons (Fsp3) is 0.615. The van der Waals surface area contributed by atoms with E-state index in [4.69, 9.17) is 5.84 Å². The van der Waals surface area contributed by atoms with Gasteiger partial charge in [0, 0.05) is 18.8 Å². The van der Waals surface area contributed by atoms with Gasteiger partial charge in [0.15, 0.2) is 0 Å². The van der Waals surface area contributed by atoms with Gasteiger partial charge in [-0.25, -0.2) is 0 Å². The van der Waals surface area contributed by atoms with Crippen molar-refractivity contribution in [3.05, 3.63) is 24.0 Å². The van der Waals surface area contributed by atoms with Crippen LogP contribution in [0.2, 0.25) is 0 Å². The Balaban J connectivity index is 1.94. The zero-order valence-corrected chi connectivity index (χ0v) is 10.5. The summed E-state index contributed by atoms with van der Waals surface area (Å²) in [6.45, 7) is 0.903. The summed E-state index contributed by atoms with van der Waals surface area (Å²) in [5.41, 5.74) is 4.66. The lowest BCUT2D eigenvalue weighted by Gasteiger charge is -2.30. The van der Waals surface area contributed by atoms with Crippen LogP contribution in [-0.4, -0.2) is 23.0 Å². The number of anilines is 1. The molecule has 3 N–H and O–H groups in total. The Kier molecular flexibility index (Phi) is 4.34. The first-order chi connectivity index (χ1) is 8.29. The Morgan fingerprint density at radius 2 is 2.18 bits per heavy atom. The van der Waals surface area contributed by atoms with Crippen LogP contribution in [0.4, 0.5) is 5.69 Å². The monoisotopic (exact) mass is 234 g/mol. The van der Waals surface area contributed by atoms with E-state index in [9.17, 15) is 0 Å². The van der Waals surface area contributed by atoms with E-state index in [1.165, 1.54) is 32.1 Å². The van der Waals surface area contributed by atoms with Gasteiger partial charge >= 0.3 is 0 Å². The number of hydrogen-bond acceptors (Lipinski definition) is 4. The minimum atomic E-state index is 0.722. The van der Waals surface area contributed by atoms with Gasteiger partial charge in [-0.05, 0) is 32.0 Å². The standard InChI is InChI=1S/C13H22N4/c1-17(13-5-3-2-4-6-13)10-12-9-11(16-14)7-8-15-12/h7-9,13H,2-6,10,14H2,1H3,(H,15,16). The van der Waals surface area contributed by atoms with Crippen molar-refractivity contribution in [2.75, 3.05) is 12.5 Å². The molecule has 0 saturated heterocycles. The number of pyridine rings is 1. The topological polar surface area (TPSA) is 54.2 Å². The predicted molar refractivity (Wildman–Crippen MR) is 70.4 cm³/mol. The number of aromatic nitrogens is 1. The molecule has 17 heavy (non-hydrogen) atoms. The summed E-state index contributed by atoms with van der Waals surface area (Å²) < 4.78 is 0. The molecule has 4 nitrogen and oxygen atoms in total. The maximum Gasteiger partial charge on any atom is 0.0564 e. The number of nitrogens with two attached hydrogens (primary N) is 1. The Bertz CT molecular complexity index is 347. The second-order valence-corrected chi connectivity index (χ2v) is 4.89. The van der Waals surface area contributed by atoms with Crippen molar-refractivity contribution in [2.24, 2.45) is 5.84 Å². The summed E-state index contributed by atoms with van der Waals surface area (Å²) in [6, 6.07) is 4.61. The van der Waals surface area contributed by atoms with Crippen LogP contribution >= 0.6 is 0 Å². The highest BCUT2D eigenvalue weighted by atomic mass is 15.2. The third-order valence-electron chi connectivity index (χ3n) is 3.59. The van der Waals surface area contributed by atoms with Crippen molar-refractivity contribution in [2.45, 2.75) is 44.7 Å². The van der Waals surface area contributed by atoms with Crippen LogP contribution in [0.25, 0.3) is 0 Å². The highest BCUT2D eigenvalue weighted by Gasteiger charge is 2.18. The highest BCUT2D eigenvalue weighted by molar-refractivity contribution is 5.41. The van der Waals surface area contributed by atoms with Crippen molar-refractivity contribution in [3.8, 4) is 0 Å². The molecule has 0 amide bonds. The molecule has 0 spiro atoms. The largest absolute Gasteiger partial charge is 0.324 e. The normalized spacial score (nSPS) is 17.4. The van der Waals surface area contributed by atoms with Gasteiger partial charge in [0.1, 0.15) is 0 Å². The molecule has 1 saturated carbocycles. The number of rotatable bonds is 4. The summed E-state index contributed by atoms with van der Waals surface area (Å²) in [6.07, 6.45) is 8.59. The van der Waals surface area contributed by atoms with Crippen LogP contribution in [0.5, 0.6) is 0 Å². The first kappa shape index (κ1) is 12.3. The van der Waals surface area contributed by atoms with Crippen molar-refractivity contribution in [1.82, 2.24) is 9.88 Å². The van der Waals surface area contributed by atoms with Crippen molar-refractivity contribution in [3.63, 3.8) is 0 Å². The molecule has 1 aliphatic carbocycles. The quantitative estimate of drug-likeness (QED) is 0.619. The highest BCUT2D eigenvalue weighted by Crippen LogP contribution is 2.22. The summed E-state index contributed by atoms with van der Waals surface area (Å²) in [7, 11) is 2.19. The molecule has 0 aromatic carbocycles. The average Bonchev–Trinajstić information content (AvgIpc) is 2.40. The van der Waals surface area contributed by atoms with E-state index in [-0.39, 0.29) is 0 Å². The van der Waals surface area contributed by atoms with E-state index < -0.39 is 0 Å². The number of nitrogens with zero attached hydrogens (tertiary/aromatic N) is 2. The first-order valence-electron chi connectivity index (χ1n) is 6.41. The molecule has 94 valence electrons. The maximum atomic E-state index is 5.40. The van der Waals surface area contributed by atoms with E-state index in [2.05, 4.69) is 22.4 Å². The lowest BCUT2D eigenvalue weighted by atomic mass is 9.94. The Labute approximate surface area is 103 Å². The molecule has 1 aromatic rings. The SMILES string of the molecule is CN(Cc1cc(NN)ccn1)C1CCCCC1. The third-order valence-corrected chi connectivity index (χ3v) is 3.59.